The highest BCUT2D eigenvalue weighted by Gasteiger charge is 2.13. The Morgan fingerprint density at radius 2 is 2.00 bits per heavy atom. The Bertz CT molecular complexity index is 1070. The van der Waals surface area contributed by atoms with Crippen LogP contribution in [0, 0.1) is 5.82 Å². The van der Waals surface area contributed by atoms with Crippen molar-refractivity contribution in [3.05, 3.63) is 89.4 Å². The zero-order valence-corrected chi connectivity index (χ0v) is 15.0. The second-order valence-corrected chi connectivity index (χ2v) is 6.72. The molecule has 27 heavy (non-hydrogen) atoms. The minimum absolute atomic E-state index is 0.245. The number of para-hydroxylation sites is 1. The first-order valence-electron chi connectivity index (χ1n) is 8.28. The molecule has 0 saturated carbocycles. The second kappa shape index (κ2) is 7.51. The van der Waals surface area contributed by atoms with Gasteiger partial charge in [0.25, 0.3) is 5.91 Å². The van der Waals surface area contributed by atoms with Crippen LogP contribution in [0.2, 0.25) is 0 Å². The molecule has 0 unspecified atom stereocenters. The van der Waals surface area contributed by atoms with E-state index in [0.29, 0.717) is 16.3 Å². The van der Waals surface area contributed by atoms with Crippen LogP contribution in [0.5, 0.6) is 0 Å². The predicted molar refractivity (Wildman–Crippen MR) is 102 cm³/mol. The number of carbonyl (C=O) groups is 1. The van der Waals surface area contributed by atoms with Gasteiger partial charge in [-0.1, -0.05) is 30.3 Å². The highest BCUT2D eigenvalue weighted by atomic mass is 32.1. The lowest BCUT2D eigenvalue weighted by Gasteiger charge is -2.03. The standard InChI is InChI=1S/C20H15FN4OS/c21-16-6-4-5-14(9-16)10-22-19(26)18-13-27-20(24-18)15-11-23-25(12-15)17-7-2-1-3-8-17/h1-9,11-13H,10H2,(H,22,26). The van der Waals surface area contributed by atoms with Crippen molar-refractivity contribution in [2.75, 3.05) is 0 Å². The number of nitrogens with zero attached hydrogens (tertiary/aromatic N) is 3. The maximum atomic E-state index is 13.2. The van der Waals surface area contributed by atoms with Crippen LogP contribution in [0.3, 0.4) is 0 Å². The van der Waals surface area contributed by atoms with E-state index in [1.54, 1.807) is 28.4 Å². The summed E-state index contributed by atoms with van der Waals surface area (Å²) in [5, 5.41) is 9.52. The zero-order valence-electron chi connectivity index (χ0n) is 14.2. The van der Waals surface area contributed by atoms with Crippen molar-refractivity contribution in [1.29, 1.82) is 0 Å². The number of nitrogens with one attached hydrogen (secondary N) is 1. The number of aromatic nitrogens is 3. The summed E-state index contributed by atoms with van der Waals surface area (Å²) in [4.78, 5) is 16.7. The van der Waals surface area contributed by atoms with E-state index in [-0.39, 0.29) is 18.3 Å². The quantitative estimate of drug-likeness (QED) is 0.570. The smallest absolute Gasteiger partial charge is 0.271 e. The van der Waals surface area contributed by atoms with E-state index < -0.39 is 0 Å². The maximum Gasteiger partial charge on any atom is 0.271 e. The third kappa shape index (κ3) is 3.93. The van der Waals surface area contributed by atoms with Crippen molar-refractivity contribution >= 4 is 17.2 Å². The highest BCUT2D eigenvalue weighted by Crippen LogP contribution is 2.24. The fourth-order valence-corrected chi connectivity index (χ4v) is 3.36. The third-order valence-electron chi connectivity index (χ3n) is 3.93. The monoisotopic (exact) mass is 378 g/mol. The minimum Gasteiger partial charge on any atom is -0.347 e. The lowest BCUT2D eigenvalue weighted by Crippen LogP contribution is -2.23. The van der Waals surface area contributed by atoms with Crippen LogP contribution >= 0.6 is 11.3 Å². The van der Waals surface area contributed by atoms with Crippen LogP contribution in [0.4, 0.5) is 4.39 Å². The van der Waals surface area contributed by atoms with Crippen molar-refractivity contribution in [2.45, 2.75) is 6.54 Å². The van der Waals surface area contributed by atoms with E-state index in [4.69, 9.17) is 0 Å². The molecule has 0 aliphatic carbocycles. The molecule has 0 aliphatic heterocycles. The molecule has 0 aliphatic rings. The molecule has 1 N–H and O–H groups in total. The van der Waals surface area contributed by atoms with Crippen LogP contribution in [0.15, 0.2) is 72.4 Å². The molecule has 2 heterocycles. The molecular formula is C20H15FN4OS. The summed E-state index contributed by atoms with van der Waals surface area (Å²) >= 11 is 1.38. The molecule has 7 heteroatoms. The summed E-state index contributed by atoms with van der Waals surface area (Å²) in [6.07, 6.45) is 3.60. The Labute approximate surface area is 159 Å². The molecule has 4 aromatic rings. The molecule has 0 bridgehead atoms. The molecule has 2 aromatic heterocycles. The lowest BCUT2D eigenvalue weighted by atomic mass is 10.2. The van der Waals surface area contributed by atoms with Crippen molar-refractivity contribution < 1.29 is 9.18 Å². The first-order chi connectivity index (χ1) is 13.2. The van der Waals surface area contributed by atoms with E-state index in [9.17, 15) is 9.18 Å². The number of hydrogen-bond donors (Lipinski definition) is 1. The Balaban J connectivity index is 1.45. The van der Waals surface area contributed by atoms with Gasteiger partial charge < -0.3 is 5.32 Å². The average Bonchev–Trinajstić information content (AvgIpc) is 3.36. The van der Waals surface area contributed by atoms with Crippen molar-refractivity contribution in [2.24, 2.45) is 0 Å². The van der Waals surface area contributed by atoms with Crippen LogP contribution in [-0.4, -0.2) is 20.7 Å². The van der Waals surface area contributed by atoms with Gasteiger partial charge in [-0.2, -0.15) is 5.10 Å². The predicted octanol–water partition coefficient (Wildman–Crippen LogP) is 4.06. The molecule has 1 amide bonds. The fraction of sp³-hybridized carbons (Fsp3) is 0.0500. The first-order valence-corrected chi connectivity index (χ1v) is 9.15. The summed E-state index contributed by atoms with van der Waals surface area (Å²) in [7, 11) is 0. The van der Waals surface area contributed by atoms with Gasteiger partial charge in [-0.25, -0.2) is 14.1 Å². The Hall–Kier alpha value is -3.32. The van der Waals surface area contributed by atoms with Gasteiger partial charge >= 0.3 is 0 Å². The molecule has 0 spiro atoms. The van der Waals surface area contributed by atoms with Crippen molar-refractivity contribution in [3.8, 4) is 16.3 Å². The van der Waals surface area contributed by atoms with E-state index in [1.165, 1.54) is 23.5 Å². The molecule has 134 valence electrons. The van der Waals surface area contributed by atoms with Gasteiger partial charge in [0.2, 0.25) is 0 Å². The minimum atomic E-state index is -0.326. The second-order valence-electron chi connectivity index (χ2n) is 5.86. The molecular weight excluding hydrogens is 363 g/mol. The SMILES string of the molecule is O=C(NCc1cccc(F)c1)c1csc(-c2cnn(-c3ccccc3)c2)n1. The summed E-state index contributed by atoms with van der Waals surface area (Å²) < 4.78 is 15.0. The zero-order chi connectivity index (χ0) is 18.6. The molecule has 5 nitrogen and oxygen atoms in total. The van der Waals surface area contributed by atoms with E-state index >= 15 is 0 Å². The number of thiazole rings is 1. The normalized spacial score (nSPS) is 10.7. The van der Waals surface area contributed by atoms with E-state index in [2.05, 4.69) is 15.4 Å². The summed E-state index contributed by atoms with van der Waals surface area (Å²) in [5.41, 5.74) is 2.82. The summed E-state index contributed by atoms with van der Waals surface area (Å²) in [6.45, 7) is 0.245. The first kappa shape index (κ1) is 17.1. The number of halogens is 1. The number of rotatable bonds is 5. The molecule has 2 aromatic carbocycles. The number of carbonyl (C=O) groups excluding carboxylic acids is 1. The van der Waals surface area contributed by atoms with Gasteiger partial charge in [0, 0.05) is 23.7 Å². The largest absolute Gasteiger partial charge is 0.347 e. The van der Waals surface area contributed by atoms with Crippen molar-refractivity contribution in [1.82, 2.24) is 20.1 Å². The van der Waals surface area contributed by atoms with Gasteiger partial charge in [-0.3, -0.25) is 4.79 Å². The molecule has 4 rings (SSSR count). The van der Waals surface area contributed by atoms with Crippen LogP contribution in [0.25, 0.3) is 16.3 Å². The summed E-state index contributed by atoms with van der Waals surface area (Å²) in [5.74, 6) is -0.620. The topological polar surface area (TPSA) is 59.8 Å². The number of hydrogen-bond acceptors (Lipinski definition) is 4. The highest BCUT2D eigenvalue weighted by molar-refractivity contribution is 7.13. The van der Waals surface area contributed by atoms with Gasteiger partial charge in [0.05, 0.1) is 11.9 Å². The lowest BCUT2D eigenvalue weighted by molar-refractivity contribution is 0.0946. The van der Waals surface area contributed by atoms with Gasteiger partial charge in [-0.15, -0.1) is 11.3 Å². The fourth-order valence-electron chi connectivity index (χ4n) is 2.59. The number of benzene rings is 2. The average molecular weight is 378 g/mol. The molecule has 0 saturated heterocycles. The van der Waals surface area contributed by atoms with Crippen LogP contribution in [0.1, 0.15) is 16.1 Å². The Morgan fingerprint density at radius 3 is 2.81 bits per heavy atom. The van der Waals surface area contributed by atoms with Crippen molar-refractivity contribution in [3.63, 3.8) is 0 Å². The van der Waals surface area contributed by atoms with Gasteiger partial charge in [0.15, 0.2) is 0 Å². The van der Waals surface area contributed by atoms with Crippen LogP contribution in [-0.2, 0) is 6.54 Å². The van der Waals surface area contributed by atoms with Gasteiger partial charge in [-0.05, 0) is 29.8 Å². The third-order valence-corrected chi connectivity index (χ3v) is 4.82. The molecule has 0 radical (unpaired) electrons. The Kier molecular flexibility index (Phi) is 4.76. The molecule has 0 fully saturated rings. The van der Waals surface area contributed by atoms with Gasteiger partial charge in [0.1, 0.15) is 16.5 Å². The number of amides is 1. The summed E-state index contributed by atoms with van der Waals surface area (Å²) in [6, 6.07) is 15.9. The van der Waals surface area contributed by atoms with Crippen LogP contribution < -0.4 is 5.32 Å². The van der Waals surface area contributed by atoms with E-state index in [1.807, 2.05) is 36.5 Å². The molecule has 0 atom stereocenters. The van der Waals surface area contributed by atoms with E-state index in [0.717, 1.165) is 11.3 Å². The Morgan fingerprint density at radius 1 is 1.15 bits per heavy atom. The maximum absolute atomic E-state index is 13.2.